The predicted molar refractivity (Wildman–Crippen MR) is 112 cm³/mol. The number of nitrogens with one attached hydrogen (secondary N) is 1. The van der Waals surface area contributed by atoms with E-state index in [1.54, 1.807) is 6.92 Å². The standard InChI is InChI=1S/C21H19F2N5OS/c1-11-14-16-17(30-20(14)28-27-15(11)18(22)23)19(26-10-25-16)24-9-12-3-5-13(6-4-12)21(29)7-2-8-21/h3-6,10,18,29H,2,7-9H2,1H3,(H,24,25,26). The molecule has 1 aliphatic rings. The Labute approximate surface area is 175 Å². The van der Waals surface area contributed by atoms with Crippen molar-refractivity contribution in [3.05, 3.63) is 53.0 Å². The van der Waals surface area contributed by atoms with E-state index in [1.807, 2.05) is 24.3 Å². The Hall–Kier alpha value is -2.78. The Kier molecular flexibility index (Phi) is 4.59. The largest absolute Gasteiger partial charge is 0.385 e. The fourth-order valence-corrected chi connectivity index (χ4v) is 4.96. The second kappa shape index (κ2) is 7.17. The van der Waals surface area contributed by atoms with E-state index in [0.717, 1.165) is 35.1 Å². The maximum Gasteiger partial charge on any atom is 0.282 e. The smallest absolute Gasteiger partial charge is 0.282 e. The number of hydrogen-bond acceptors (Lipinski definition) is 7. The number of aryl methyl sites for hydroxylation is 1. The van der Waals surface area contributed by atoms with Gasteiger partial charge in [0.2, 0.25) is 0 Å². The van der Waals surface area contributed by atoms with E-state index in [-0.39, 0.29) is 5.69 Å². The van der Waals surface area contributed by atoms with E-state index < -0.39 is 12.0 Å². The highest BCUT2D eigenvalue weighted by Gasteiger charge is 2.35. The summed E-state index contributed by atoms with van der Waals surface area (Å²) in [6.07, 6.45) is 1.42. The summed E-state index contributed by atoms with van der Waals surface area (Å²) in [5.41, 5.74) is 2.02. The number of fused-ring (bicyclic) bond motifs is 3. The lowest BCUT2D eigenvalue weighted by atomic mass is 9.75. The molecule has 30 heavy (non-hydrogen) atoms. The van der Waals surface area contributed by atoms with Gasteiger partial charge in [-0.15, -0.1) is 21.5 Å². The summed E-state index contributed by atoms with van der Waals surface area (Å²) in [6, 6.07) is 7.92. The average molecular weight is 427 g/mol. The van der Waals surface area contributed by atoms with Crippen LogP contribution in [-0.2, 0) is 12.1 Å². The van der Waals surface area contributed by atoms with Gasteiger partial charge in [0.1, 0.15) is 22.7 Å². The molecule has 1 aliphatic carbocycles. The molecule has 0 unspecified atom stereocenters. The van der Waals surface area contributed by atoms with Crippen LogP contribution in [0.25, 0.3) is 20.4 Å². The number of halogens is 2. The minimum absolute atomic E-state index is 0.316. The van der Waals surface area contributed by atoms with Crippen LogP contribution in [0, 0.1) is 6.92 Å². The van der Waals surface area contributed by atoms with Gasteiger partial charge in [-0.25, -0.2) is 18.7 Å². The van der Waals surface area contributed by atoms with Crippen molar-refractivity contribution in [2.24, 2.45) is 0 Å². The van der Waals surface area contributed by atoms with Gasteiger partial charge in [0, 0.05) is 11.9 Å². The zero-order chi connectivity index (χ0) is 20.9. The van der Waals surface area contributed by atoms with Crippen molar-refractivity contribution in [1.82, 2.24) is 20.2 Å². The Morgan fingerprint density at radius 3 is 2.60 bits per heavy atom. The Morgan fingerprint density at radius 2 is 1.93 bits per heavy atom. The van der Waals surface area contributed by atoms with Crippen LogP contribution >= 0.6 is 11.3 Å². The maximum absolute atomic E-state index is 13.2. The summed E-state index contributed by atoms with van der Waals surface area (Å²) in [4.78, 5) is 9.22. The number of benzene rings is 1. The molecule has 1 saturated carbocycles. The topological polar surface area (TPSA) is 83.8 Å². The SMILES string of the molecule is Cc1c(C(F)F)nnc2sc3c(NCc4ccc(C5(O)CCC5)cc4)ncnc3c12. The summed E-state index contributed by atoms with van der Waals surface area (Å²) < 4.78 is 27.2. The number of nitrogens with zero attached hydrogens (tertiary/aromatic N) is 4. The third-order valence-corrected chi connectivity index (χ3v) is 6.87. The second-order valence-electron chi connectivity index (χ2n) is 7.63. The van der Waals surface area contributed by atoms with Crippen molar-refractivity contribution in [3.63, 3.8) is 0 Å². The molecule has 0 atom stereocenters. The first kappa shape index (κ1) is 19.2. The molecular weight excluding hydrogens is 408 g/mol. The fraction of sp³-hybridized carbons (Fsp3) is 0.333. The Morgan fingerprint density at radius 1 is 1.17 bits per heavy atom. The lowest BCUT2D eigenvalue weighted by molar-refractivity contribution is -0.0388. The molecule has 2 N–H and O–H groups in total. The highest BCUT2D eigenvalue weighted by Crippen LogP contribution is 2.41. The molecule has 3 aromatic heterocycles. The molecule has 0 radical (unpaired) electrons. The lowest BCUT2D eigenvalue weighted by Gasteiger charge is -2.37. The number of aliphatic hydroxyl groups is 1. The van der Waals surface area contributed by atoms with E-state index in [1.165, 1.54) is 17.7 Å². The molecule has 154 valence electrons. The van der Waals surface area contributed by atoms with Crippen LogP contribution < -0.4 is 5.32 Å². The highest BCUT2D eigenvalue weighted by molar-refractivity contribution is 7.25. The zero-order valence-electron chi connectivity index (χ0n) is 16.2. The van der Waals surface area contributed by atoms with Crippen LogP contribution in [0.2, 0.25) is 0 Å². The van der Waals surface area contributed by atoms with Gasteiger partial charge in [-0.1, -0.05) is 24.3 Å². The number of hydrogen-bond donors (Lipinski definition) is 2. The molecule has 0 amide bonds. The van der Waals surface area contributed by atoms with Crippen LogP contribution in [0.5, 0.6) is 0 Å². The van der Waals surface area contributed by atoms with Crippen LogP contribution in [0.4, 0.5) is 14.6 Å². The molecule has 9 heteroatoms. The monoisotopic (exact) mass is 427 g/mol. The molecule has 5 rings (SSSR count). The quantitative estimate of drug-likeness (QED) is 0.473. The molecular formula is C21H19F2N5OS. The van der Waals surface area contributed by atoms with Crippen molar-refractivity contribution >= 4 is 37.6 Å². The maximum atomic E-state index is 13.2. The van der Waals surface area contributed by atoms with Crippen LogP contribution in [0.15, 0.2) is 30.6 Å². The molecule has 0 spiro atoms. The van der Waals surface area contributed by atoms with Crippen molar-refractivity contribution in [1.29, 1.82) is 0 Å². The second-order valence-corrected chi connectivity index (χ2v) is 8.63. The van der Waals surface area contributed by atoms with Gasteiger partial charge in [0.15, 0.2) is 0 Å². The van der Waals surface area contributed by atoms with Gasteiger partial charge in [-0.2, -0.15) is 0 Å². The van der Waals surface area contributed by atoms with Crippen LogP contribution in [0.3, 0.4) is 0 Å². The first-order chi connectivity index (χ1) is 14.5. The van der Waals surface area contributed by atoms with Gasteiger partial charge in [-0.05, 0) is 42.9 Å². The minimum atomic E-state index is -2.68. The number of aromatic nitrogens is 4. The first-order valence-electron chi connectivity index (χ1n) is 9.70. The fourth-order valence-electron chi connectivity index (χ4n) is 3.86. The Bertz CT molecular complexity index is 1240. The number of anilines is 1. The summed E-state index contributed by atoms with van der Waals surface area (Å²) >= 11 is 1.34. The number of alkyl halides is 2. The van der Waals surface area contributed by atoms with E-state index >= 15 is 0 Å². The number of rotatable bonds is 5. The summed E-state index contributed by atoms with van der Waals surface area (Å²) in [5.74, 6) is 0.627. The van der Waals surface area contributed by atoms with Gasteiger partial charge >= 0.3 is 0 Å². The van der Waals surface area contributed by atoms with Crippen LogP contribution in [0.1, 0.15) is 48.1 Å². The third-order valence-electron chi connectivity index (χ3n) is 5.80. The lowest BCUT2D eigenvalue weighted by Crippen LogP contribution is -2.33. The summed E-state index contributed by atoms with van der Waals surface area (Å²) in [6.45, 7) is 2.16. The molecule has 1 aromatic carbocycles. The summed E-state index contributed by atoms with van der Waals surface area (Å²) in [7, 11) is 0. The van der Waals surface area contributed by atoms with Crippen molar-refractivity contribution < 1.29 is 13.9 Å². The molecule has 3 heterocycles. The molecule has 1 fully saturated rings. The van der Waals surface area contributed by atoms with Crippen molar-refractivity contribution in [2.45, 2.75) is 44.8 Å². The van der Waals surface area contributed by atoms with Gasteiger partial charge in [0.25, 0.3) is 6.43 Å². The van der Waals surface area contributed by atoms with Crippen molar-refractivity contribution in [2.75, 3.05) is 5.32 Å². The molecule has 6 nitrogen and oxygen atoms in total. The molecule has 0 saturated heterocycles. The normalized spacial score (nSPS) is 15.6. The summed E-state index contributed by atoms with van der Waals surface area (Å²) in [5, 5.41) is 22.0. The molecule has 0 bridgehead atoms. The Balaban J connectivity index is 1.44. The van der Waals surface area contributed by atoms with Gasteiger partial charge in [0.05, 0.1) is 15.8 Å². The molecule has 0 aliphatic heterocycles. The first-order valence-corrected chi connectivity index (χ1v) is 10.5. The van der Waals surface area contributed by atoms with Gasteiger partial charge in [-0.3, -0.25) is 0 Å². The third kappa shape index (κ3) is 3.09. The minimum Gasteiger partial charge on any atom is -0.385 e. The average Bonchev–Trinajstić information content (AvgIpc) is 3.11. The zero-order valence-corrected chi connectivity index (χ0v) is 17.0. The predicted octanol–water partition coefficient (Wildman–Crippen LogP) is 4.86. The van der Waals surface area contributed by atoms with E-state index in [2.05, 4.69) is 25.5 Å². The van der Waals surface area contributed by atoms with E-state index in [0.29, 0.717) is 33.7 Å². The van der Waals surface area contributed by atoms with Crippen LogP contribution in [-0.4, -0.2) is 25.3 Å². The van der Waals surface area contributed by atoms with Crippen molar-refractivity contribution in [3.8, 4) is 0 Å². The van der Waals surface area contributed by atoms with E-state index in [9.17, 15) is 13.9 Å². The molecule has 4 aromatic rings. The van der Waals surface area contributed by atoms with E-state index in [4.69, 9.17) is 0 Å². The van der Waals surface area contributed by atoms with Gasteiger partial charge < -0.3 is 10.4 Å². The number of thiophene rings is 1. The highest BCUT2D eigenvalue weighted by atomic mass is 32.1.